The van der Waals surface area contributed by atoms with Crippen LogP contribution in [-0.2, 0) is 4.79 Å². The van der Waals surface area contributed by atoms with E-state index in [4.69, 9.17) is 11.6 Å². The SMILES string of the molecule is C=C/C=N\C(NNC(=O)CN1CCCCCC1)=C(/C)Cl. The number of nitrogens with one attached hydrogen (secondary N) is 2. The molecule has 0 aromatic heterocycles. The molecule has 6 heteroatoms. The molecule has 0 saturated carbocycles. The minimum absolute atomic E-state index is 0.0869. The number of amides is 1. The van der Waals surface area contributed by atoms with Gasteiger partial charge in [-0.3, -0.25) is 20.5 Å². The number of allylic oxidation sites excluding steroid dienone is 2. The van der Waals surface area contributed by atoms with Gasteiger partial charge in [0.25, 0.3) is 5.91 Å². The van der Waals surface area contributed by atoms with Crippen LogP contribution in [0.25, 0.3) is 0 Å². The minimum Gasteiger partial charge on any atom is -0.294 e. The summed E-state index contributed by atoms with van der Waals surface area (Å²) in [7, 11) is 0. The Hall–Kier alpha value is -1.33. The van der Waals surface area contributed by atoms with E-state index in [1.54, 1.807) is 13.0 Å². The minimum atomic E-state index is -0.0869. The van der Waals surface area contributed by atoms with Crippen LogP contribution >= 0.6 is 11.6 Å². The molecule has 1 heterocycles. The second-order valence-corrected chi connectivity index (χ2v) is 5.33. The van der Waals surface area contributed by atoms with Crippen molar-refractivity contribution in [2.24, 2.45) is 4.99 Å². The molecule has 0 unspecified atom stereocenters. The molecule has 112 valence electrons. The van der Waals surface area contributed by atoms with E-state index in [9.17, 15) is 4.79 Å². The number of hydrazine groups is 1. The van der Waals surface area contributed by atoms with Crippen molar-refractivity contribution in [3.05, 3.63) is 23.5 Å². The van der Waals surface area contributed by atoms with Crippen LogP contribution in [0.5, 0.6) is 0 Å². The van der Waals surface area contributed by atoms with Gasteiger partial charge in [-0.05, 0) is 32.9 Å². The Morgan fingerprint density at radius 1 is 1.30 bits per heavy atom. The van der Waals surface area contributed by atoms with Gasteiger partial charge in [0, 0.05) is 6.21 Å². The van der Waals surface area contributed by atoms with Crippen molar-refractivity contribution >= 4 is 23.7 Å². The van der Waals surface area contributed by atoms with Gasteiger partial charge in [0.15, 0.2) is 5.82 Å². The average molecular weight is 299 g/mol. The van der Waals surface area contributed by atoms with Crippen LogP contribution in [0.2, 0.25) is 0 Å². The molecule has 0 bridgehead atoms. The van der Waals surface area contributed by atoms with E-state index in [0.29, 0.717) is 17.4 Å². The van der Waals surface area contributed by atoms with Gasteiger partial charge in [-0.1, -0.05) is 37.1 Å². The number of aliphatic imine (C=N–C) groups is 1. The zero-order chi connectivity index (χ0) is 14.8. The molecule has 0 spiro atoms. The average Bonchev–Trinajstić information content (AvgIpc) is 2.67. The van der Waals surface area contributed by atoms with Crippen LogP contribution in [0.3, 0.4) is 0 Å². The van der Waals surface area contributed by atoms with Crippen molar-refractivity contribution in [3.8, 4) is 0 Å². The molecule has 1 aliphatic rings. The molecular weight excluding hydrogens is 276 g/mol. The first kappa shape index (κ1) is 16.7. The number of carbonyl (C=O) groups is 1. The van der Waals surface area contributed by atoms with Crippen molar-refractivity contribution in [3.63, 3.8) is 0 Å². The molecule has 0 aromatic carbocycles. The Morgan fingerprint density at radius 2 is 1.95 bits per heavy atom. The van der Waals surface area contributed by atoms with E-state index in [1.807, 2.05) is 0 Å². The third kappa shape index (κ3) is 6.73. The van der Waals surface area contributed by atoms with Gasteiger partial charge in [-0.25, -0.2) is 4.99 Å². The molecular formula is C14H23ClN4O. The van der Waals surface area contributed by atoms with Crippen LogP contribution in [0, 0.1) is 0 Å². The standard InChI is InChI=1S/C14H23ClN4O/c1-3-8-16-14(12(2)15)18-17-13(20)11-19-9-6-4-5-7-10-19/h3,8,18H,1,4-7,9-11H2,2H3,(H,17,20)/b14-12-,16-8-. The second kappa shape index (κ2) is 9.55. The summed E-state index contributed by atoms with van der Waals surface area (Å²) >= 11 is 5.88. The zero-order valence-corrected chi connectivity index (χ0v) is 12.7. The predicted molar refractivity (Wildman–Crippen MR) is 83.4 cm³/mol. The number of hydrogen-bond acceptors (Lipinski definition) is 4. The molecule has 1 saturated heterocycles. The highest BCUT2D eigenvalue weighted by Gasteiger charge is 2.12. The lowest BCUT2D eigenvalue weighted by molar-refractivity contribution is -0.123. The third-order valence-corrected chi connectivity index (χ3v) is 3.20. The van der Waals surface area contributed by atoms with Crippen LogP contribution in [0.4, 0.5) is 0 Å². The number of carbonyl (C=O) groups excluding carboxylic acids is 1. The third-order valence-electron chi connectivity index (χ3n) is 3.02. The van der Waals surface area contributed by atoms with Gasteiger partial charge in [0.2, 0.25) is 0 Å². The Morgan fingerprint density at radius 3 is 2.50 bits per heavy atom. The maximum absolute atomic E-state index is 11.9. The van der Waals surface area contributed by atoms with E-state index in [-0.39, 0.29) is 5.91 Å². The Balaban J connectivity index is 2.39. The smallest absolute Gasteiger partial charge is 0.252 e. The highest BCUT2D eigenvalue weighted by atomic mass is 35.5. The maximum Gasteiger partial charge on any atom is 0.252 e. The molecule has 1 amide bonds. The summed E-state index contributed by atoms with van der Waals surface area (Å²) in [6, 6.07) is 0. The van der Waals surface area contributed by atoms with E-state index >= 15 is 0 Å². The number of hydrogen-bond donors (Lipinski definition) is 2. The number of rotatable bonds is 6. The highest BCUT2D eigenvalue weighted by molar-refractivity contribution is 6.29. The monoisotopic (exact) mass is 298 g/mol. The van der Waals surface area contributed by atoms with Gasteiger partial charge in [-0.15, -0.1) is 0 Å². The van der Waals surface area contributed by atoms with Crippen molar-refractivity contribution < 1.29 is 4.79 Å². The molecule has 0 radical (unpaired) electrons. The summed E-state index contributed by atoms with van der Waals surface area (Å²) in [6.07, 6.45) is 7.89. The molecule has 5 nitrogen and oxygen atoms in total. The quantitative estimate of drug-likeness (QED) is 0.584. The lowest BCUT2D eigenvalue weighted by atomic mass is 10.2. The van der Waals surface area contributed by atoms with Crippen LogP contribution < -0.4 is 10.9 Å². The lowest BCUT2D eigenvalue weighted by Gasteiger charge is -2.19. The highest BCUT2D eigenvalue weighted by Crippen LogP contribution is 2.09. The molecule has 0 atom stereocenters. The Kier molecular flexibility index (Phi) is 7.99. The first-order chi connectivity index (χ1) is 9.63. The normalized spacial score (nSPS) is 18.3. The van der Waals surface area contributed by atoms with Gasteiger partial charge >= 0.3 is 0 Å². The summed E-state index contributed by atoms with van der Waals surface area (Å²) in [5, 5.41) is 0.471. The summed E-state index contributed by atoms with van der Waals surface area (Å²) in [6.45, 7) is 7.60. The fraction of sp³-hybridized carbons (Fsp3) is 0.571. The van der Waals surface area contributed by atoms with Gasteiger partial charge in [-0.2, -0.15) is 0 Å². The maximum atomic E-state index is 11.9. The van der Waals surface area contributed by atoms with Gasteiger partial charge in [0.1, 0.15) is 0 Å². The fourth-order valence-corrected chi connectivity index (χ4v) is 2.10. The summed E-state index contributed by atoms with van der Waals surface area (Å²) in [5.74, 6) is 0.326. The van der Waals surface area contributed by atoms with Crippen molar-refractivity contribution in [2.75, 3.05) is 19.6 Å². The summed E-state index contributed by atoms with van der Waals surface area (Å²) in [4.78, 5) is 18.1. The summed E-state index contributed by atoms with van der Waals surface area (Å²) < 4.78 is 0. The predicted octanol–water partition coefficient (Wildman–Crippen LogP) is 2.17. The Labute approximate surface area is 125 Å². The largest absolute Gasteiger partial charge is 0.294 e. The van der Waals surface area contributed by atoms with Crippen LogP contribution in [-0.4, -0.2) is 36.7 Å². The lowest BCUT2D eigenvalue weighted by Crippen LogP contribution is -2.43. The van der Waals surface area contributed by atoms with E-state index in [0.717, 1.165) is 25.9 Å². The van der Waals surface area contributed by atoms with Gasteiger partial charge < -0.3 is 0 Å². The molecule has 1 fully saturated rings. The number of likely N-dealkylation sites (tertiary alicyclic amines) is 1. The molecule has 0 aromatic rings. The van der Waals surface area contributed by atoms with Crippen LogP contribution in [0.15, 0.2) is 28.5 Å². The summed E-state index contributed by atoms with van der Waals surface area (Å²) in [5.41, 5.74) is 5.35. The topological polar surface area (TPSA) is 56.7 Å². The number of halogens is 1. The number of nitrogens with zero attached hydrogens (tertiary/aromatic N) is 2. The van der Waals surface area contributed by atoms with Crippen molar-refractivity contribution in [1.29, 1.82) is 0 Å². The van der Waals surface area contributed by atoms with E-state index < -0.39 is 0 Å². The molecule has 0 aliphatic carbocycles. The van der Waals surface area contributed by atoms with Gasteiger partial charge in [0.05, 0.1) is 11.6 Å². The first-order valence-electron chi connectivity index (χ1n) is 6.92. The molecule has 20 heavy (non-hydrogen) atoms. The van der Waals surface area contributed by atoms with Crippen molar-refractivity contribution in [2.45, 2.75) is 32.6 Å². The van der Waals surface area contributed by atoms with Crippen molar-refractivity contribution in [1.82, 2.24) is 15.8 Å². The Bertz CT molecular complexity index is 381. The second-order valence-electron chi connectivity index (χ2n) is 4.76. The zero-order valence-electron chi connectivity index (χ0n) is 12.0. The molecule has 2 N–H and O–H groups in total. The molecule has 1 aliphatic heterocycles. The molecule has 1 rings (SSSR count). The van der Waals surface area contributed by atoms with E-state index in [1.165, 1.54) is 19.1 Å². The van der Waals surface area contributed by atoms with Crippen LogP contribution in [0.1, 0.15) is 32.6 Å². The first-order valence-corrected chi connectivity index (χ1v) is 7.30. The fourth-order valence-electron chi connectivity index (χ4n) is 2.00. The van der Waals surface area contributed by atoms with E-state index in [2.05, 4.69) is 27.3 Å².